The molecule has 11 heavy (non-hydrogen) atoms. The zero-order valence-electron chi connectivity index (χ0n) is 8.22. The molecular formula is C10H21N. The molecule has 1 aliphatic carbocycles. The first-order valence-corrected chi connectivity index (χ1v) is 4.87. The molecule has 0 saturated heterocycles. The highest BCUT2D eigenvalue weighted by atomic mass is 15.0. The van der Waals surface area contributed by atoms with E-state index in [1.54, 1.807) is 0 Å². The van der Waals surface area contributed by atoms with Crippen LogP contribution in [0.25, 0.3) is 0 Å². The van der Waals surface area contributed by atoms with Crippen LogP contribution < -0.4 is 5.32 Å². The zero-order valence-corrected chi connectivity index (χ0v) is 8.22. The van der Waals surface area contributed by atoms with Crippen LogP contribution >= 0.6 is 0 Å². The van der Waals surface area contributed by atoms with Crippen molar-refractivity contribution in [3.8, 4) is 0 Å². The van der Waals surface area contributed by atoms with E-state index in [1.165, 1.54) is 12.8 Å². The average molecular weight is 155 g/mol. The number of rotatable bonds is 4. The summed E-state index contributed by atoms with van der Waals surface area (Å²) in [5.41, 5.74) is 0. The quantitative estimate of drug-likeness (QED) is 0.657. The van der Waals surface area contributed by atoms with Crippen LogP contribution in [0.2, 0.25) is 0 Å². The fraction of sp³-hybridized carbons (Fsp3) is 1.00. The second-order valence-corrected chi connectivity index (χ2v) is 4.43. The summed E-state index contributed by atoms with van der Waals surface area (Å²) in [5, 5.41) is 3.64. The summed E-state index contributed by atoms with van der Waals surface area (Å²) in [7, 11) is 0. The molecule has 0 spiro atoms. The van der Waals surface area contributed by atoms with Gasteiger partial charge in [0.2, 0.25) is 0 Å². The molecule has 0 bridgehead atoms. The third kappa shape index (κ3) is 2.82. The highest BCUT2D eigenvalue weighted by molar-refractivity contribution is 4.88. The molecule has 1 nitrogen and oxygen atoms in total. The monoisotopic (exact) mass is 155 g/mol. The van der Waals surface area contributed by atoms with Crippen molar-refractivity contribution >= 4 is 0 Å². The van der Waals surface area contributed by atoms with Gasteiger partial charge in [0.25, 0.3) is 0 Å². The van der Waals surface area contributed by atoms with Gasteiger partial charge in [0.15, 0.2) is 0 Å². The van der Waals surface area contributed by atoms with Crippen molar-refractivity contribution < 1.29 is 0 Å². The lowest BCUT2D eigenvalue weighted by Crippen LogP contribution is -2.40. The van der Waals surface area contributed by atoms with E-state index in [1.807, 2.05) is 0 Å². The summed E-state index contributed by atoms with van der Waals surface area (Å²) < 4.78 is 0. The largest absolute Gasteiger partial charge is 0.311 e. The van der Waals surface area contributed by atoms with E-state index in [0.717, 1.165) is 17.9 Å². The van der Waals surface area contributed by atoms with Crippen molar-refractivity contribution in [2.24, 2.45) is 11.8 Å². The van der Waals surface area contributed by atoms with Gasteiger partial charge >= 0.3 is 0 Å². The molecular weight excluding hydrogens is 134 g/mol. The highest BCUT2D eigenvalue weighted by Gasteiger charge is 2.32. The molecule has 1 rings (SSSR count). The Labute approximate surface area is 70.6 Å². The lowest BCUT2D eigenvalue weighted by Gasteiger charge is -2.24. The molecule has 1 saturated carbocycles. The van der Waals surface area contributed by atoms with Crippen molar-refractivity contribution in [1.29, 1.82) is 0 Å². The molecule has 0 unspecified atom stereocenters. The van der Waals surface area contributed by atoms with Crippen molar-refractivity contribution in [2.75, 3.05) is 0 Å². The molecule has 1 atom stereocenters. The van der Waals surface area contributed by atoms with Gasteiger partial charge in [-0.2, -0.15) is 0 Å². The first-order valence-electron chi connectivity index (χ1n) is 4.87. The van der Waals surface area contributed by atoms with E-state index >= 15 is 0 Å². The van der Waals surface area contributed by atoms with Crippen LogP contribution in [-0.4, -0.2) is 12.1 Å². The van der Waals surface area contributed by atoms with Crippen LogP contribution in [0.4, 0.5) is 0 Å². The van der Waals surface area contributed by atoms with Gasteiger partial charge in [-0.3, -0.25) is 0 Å². The molecule has 0 amide bonds. The van der Waals surface area contributed by atoms with Gasteiger partial charge in [0, 0.05) is 12.1 Å². The Bertz CT molecular complexity index is 112. The summed E-state index contributed by atoms with van der Waals surface area (Å²) in [6.45, 7) is 9.10. The van der Waals surface area contributed by atoms with Gasteiger partial charge in [-0.05, 0) is 24.7 Å². The molecule has 0 aromatic heterocycles. The van der Waals surface area contributed by atoms with Gasteiger partial charge in [-0.15, -0.1) is 0 Å². The average Bonchev–Trinajstić information content (AvgIpc) is 2.63. The summed E-state index contributed by atoms with van der Waals surface area (Å²) in [5.74, 6) is 1.78. The Morgan fingerprint density at radius 2 is 1.64 bits per heavy atom. The molecule has 0 radical (unpaired) electrons. The first-order chi connectivity index (χ1) is 5.11. The molecule has 0 aromatic rings. The molecule has 0 heterocycles. The van der Waals surface area contributed by atoms with Crippen LogP contribution in [-0.2, 0) is 0 Å². The van der Waals surface area contributed by atoms with Gasteiger partial charge in [0.05, 0.1) is 0 Å². The summed E-state index contributed by atoms with van der Waals surface area (Å²) >= 11 is 0. The fourth-order valence-corrected chi connectivity index (χ4v) is 1.71. The summed E-state index contributed by atoms with van der Waals surface area (Å²) in [6, 6.07) is 1.41. The Hall–Kier alpha value is -0.0400. The summed E-state index contributed by atoms with van der Waals surface area (Å²) in [6.07, 6.45) is 2.89. The van der Waals surface area contributed by atoms with E-state index < -0.39 is 0 Å². The lowest BCUT2D eigenvalue weighted by atomic mass is 9.99. The number of hydrogen-bond donors (Lipinski definition) is 1. The maximum atomic E-state index is 3.64. The third-order valence-corrected chi connectivity index (χ3v) is 2.37. The Balaban J connectivity index is 2.32. The molecule has 1 heteroatoms. The van der Waals surface area contributed by atoms with Gasteiger partial charge in [0.1, 0.15) is 0 Å². The Morgan fingerprint density at radius 3 is 1.91 bits per heavy atom. The molecule has 66 valence electrons. The Kier molecular flexibility index (Phi) is 2.94. The predicted octanol–water partition coefficient (Wildman–Crippen LogP) is 2.42. The van der Waals surface area contributed by atoms with E-state index in [4.69, 9.17) is 0 Å². The van der Waals surface area contributed by atoms with E-state index in [9.17, 15) is 0 Å². The van der Waals surface area contributed by atoms with E-state index in [0.29, 0.717) is 6.04 Å². The number of hydrogen-bond acceptors (Lipinski definition) is 1. The van der Waals surface area contributed by atoms with Gasteiger partial charge in [-0.25, -0.2) is 0 Å². The Morgan fingerprint density at radius 1 is 1.09 bits per heavy atom. The van der Waals surface area contributed by atoms with Crippen LogP contribution in [0.5, 0.6) is 0 Å². The third-order valence-electron chi connectivity index (χ3n) is 2.37. The van der Waals surface area contributed by atoms with Crippen LogP contribution in [0, 0.1) is 11.8 Å². The molecule has 0 aliphatic heterocycles. The van der Waals surface area contributed by atoms with Crippen molar-refractivity contribution in [3.05, 3.63) is 0 Å². The minimum Gasteiger partial charge on any atom is -0.311 e. The SMILES string of the molecule is CC(C)N[C@@H](C(C)C)C1CC1. The molecule has 1 N–H and O–H groups in total. The second kappa shape index (κ2) is 3.57. The van der Waals surface area contributed by atoms with Crippen molar-refractivity contribution in [3.63, 3.8) is 0 Å². The van der Waals surface area contributed by atoms with Crippen molar-refractivity contribution in [1.82, 2.24) is 5.32 Å². The summed E-state index contributed by atoms with van der Waals surface area (Å²) in [4.78, 5) is 0. The van der Waals surface area contributed by atoms with Crippen molar-refractivity contribution in [2.45, 2.75) is 52.6 Å². The maximum Gasteiger partial charge on any atom is 0.0121 e. The van der Waals surface area contributed by atoms with Crippen LogP contribution in [0.15, 0.2) is 0 Å². The smallest absolute Gasteiger partial charge is 0.0121 e. The zero-order chi connectivity index (χ0) is 8.43. The fourth-order valence-electron chi connectivity index (χ4n) is 1.71. The number of nitrogens with one attached hydrogen (secondary N) is 1. The highest BCUT2D eigenvalue weighted by Crippen LogP contribution is 2.35. The van der Waals surface area contributed by atoms with E-state index in [2.05, 4.69) is 33.0 Å². The van der Waals surface area contributed by atoms with Crippen LogP contribution in [0.3, 0.4) is 0 Å². The van der Waals surface area contributed by atoms with Gasteiger partial charge < -0.3 is 5.32 Å². The second-order valence-electron chi connectivity index (χ2n) is 4.43. The maximum absolute atomic E-state index is 3.64. The first kappa shape index (κ1) is 9.05. The lowest BCUT2D eigenvalue weighted by molar-refractivity contribution is 0.336. The van der Waals surface area contributed by atoms with Crippen LogP contribution in [0.1, 0.15) is 40.5 Å². The molecule has 1 aliphatic rings. The molecule has 0 aromatic carbocycles. The van der Waals surface area contributed by atoms with E-state index in [-0.39, 0.29) is 0 Å². The standard InChI is InChI=1S/C10H21N/c1-7(2)10(9-5-6-9)11-8(3)4/h7-11H,5-6H2,1-4H3/t10-/m0/s1. The minimum atomic E-state index is 0.642. The predicted molar refractivity (Wildman–Crippen MR) is 49.6 cm³/mol. The van der Waals surface area contributed by atoms with Gasteiger partial charge in [-0.1, -0.05) is 27.7 Å². The minimum absolute atomic E-state index is 0.642. The normalized spacial score (nSPS) is 21.3. The molecule has 1 fully saturated rings. The topological polar surface area (TPSA) is 12.0 Å².